The largest absolute Gasteiger partial charge is 0.454 e. The molecule has 0 bridgehead atoms. The van der Waals surface area contributed by atoms with Crippen molar-refractivity contribution in [3.63, 3.8) is 0 Å². The molecule has 2 heterocycles. The van der Waals surface area contributed by atoms with Crippen LogP contribution in [0, 0.1) is 11.6 Å². The van der Waals surface area contributed by atoms with Crippen LogP contribution >= 0.6 is 0 Å². The molecule has 0 saturated heterocycles. The summed E-state index contributed by atoms with van der Waals surface area (Å²) in [4.78, 5) is 12.5. The summed E-state index contributed by atoms with van der Waals surface area (Å²) < 4.78 is 59.0. The fraction of sp³-hybridized carbons (Fsp3) is 0.167. The average molecular weight is 501 g/mol. The average Bonchev–Trinajstić information content (AvgIpc) is 3.24. The third-order valence-corrected chi connectivity index (χ3v) is 5.78. The van der Waals surface area contributed by atoms with Gasteiger partial charge in [0.2, 0.25) is 11.3 Å². The molecule has 35 heavy (non-hydrogen) atoms. The van der Waals surface area contributed by atoms with E-state index in [1.165, 1.54) is 16.7 Å². The van der Waals surface area contributed by atoms with Crippen molar-refractivity contribution in [1.29, 1.82) is 0 Å². The summed E-state index contributed by atoms with van der Waals surface area (Å²) >= 11 is -2.14. The van der Waals surface area contributed by atoms with E-state index in [0.29, 0.717) is 28.7 Å². The minimum absolute atomic E-state index is 0.162. The number of nitrogens with one attached hydrogen (secondary N) is 1. The molecule has 2 aromatic heterocycles. The molecule has 0 aliphatic carbocycles. The molecule has 11 heteroatoms. The van der Waals surface area contributed by atoms with Crippen molar-refractivity contribution in [1.82, 2.24) is 19.1 Å². The molecule has 0 amide bonds. The molecule has 182 valence electrons. The zero-order valence-electron chi connectivity index (χ0n) is 18.9. The third-order valence-electron chi connectivity index (χ3n) is 5.33. The fourth-order valence-electron chi connectivity index (χ4n) is 3.63. The summed E-state index contributed by atoms with van der Waals surface area (Å²) in [6.07, 6.45) is 5.46. The molecule has 8 nitrogen and oxygen atoms in total. The van der Waals surface area contributed by atoms with Crippen LogP contribution in [-0.2, 0) is 31.8 Å². The van der Waals surface area contributed by atoms with Gasteiger partial charge in [0.25, 0.3) is 5.56 Å². The number of aromatic nitrogens is 3. The lowest BCUT2D eigenvalue weighted by atomic mass is 9.95. The first-order valence-corrected chi connectivity index (χ1v) is 11.6. The number of hydrogen-bond donors (Lipinski definition) is 2. The maximum absolute atomic E-state index is 14.4. The SMILES string of the molecule is Cn1cc(-c2cc(=O)n(C)cc2-c2cc(CCNS(=O)O)ccc2Oc2ccc(F)cc2F)cn1. The second-order valence-corrected chi connectivity index (χ2v) is 8.64. The van der Waals surface area contributed by atoms with E-state index < -0.39 is 22.9 Å². The lowest BCUT2D eigenvalue weighted by Gasteiger charge is -2.17. The lowest BCUT2D eigenvalue weighted by Crippen LogP contribution is -2.19. The van der Waals surface area contributed by atoms with Crippen LogP contribution in [0.1, 0.15) is 5.56 Å². The molecule has 0 aliphatic rings. The number of rotatable bonds is 8. The Morgan fingerprint density at radius 2 is 1.80 bits per heavy atom. The van der Waals surface area contributed by atoms with Crippen molar-refractivity contribution in [3.05, 3.63) is 88.6 Å². The van der Waals surface area contributed by atoms with Crippen LogP contribution in [0.4, 0.5) is 8.78 Å². The Balaban J connectivity index is 1.87. The quantitative estimate of drug-likeness (QED) is 0.359. The third kappa shape index (κ3) is 5.70. The maximum atomic E-state index is 14.4. The van der Waals surface area contributed by atoms with E-state index in [9.17, 15) is 17.8 Å². The van der Waals surface area contributed by atoms with Crippen molar-refractivity contribution in [2.24, 2.45) is 14.1 Å². The Morgan fingerprint density at radius 1 is 1.03 bits per heavy atom. The van der Waals surface area contributed by atoms with Crippen molar-refractivity contribution < 1.29 is 22.3 Å². The molecule has 4 rings (SSSR count). The number of benzene rings is 2. The van der Waals surface area contributed by atoms with Crippen LogP contribution in [0.5, 0.6) is 11.5 Å². The highest BCUT2D eigenvalue weighted by molar-refractivity contribution is 7.77. The molecule has 2 aromatic carbocycles. The first kappa shape index (κ1) is 24.5. The summed E-state index contributed by atoms with van der Waals surface area (Å²) in [5, 5.41) is 4.20. The molecule has 0 spiro atoms. The minimum Gasteiger partial charge on any atom is -0.454 e. The minimum atomic E-state index is -2.14. The van der Waals surface area contributed by atoms with Gasteiger partial charge >= 0.3 is 0 Å². The highest BCUT2D eigenvalue weighted by Crippen LogP contribution is 2.39. The molecular formula is C24H22F2N4O4S. The topological polar surface area (TPSA) is 98.4 Å². The first-order valence-electron chi connectivity index (χ1n) is 10.5. The maximum Gasteiger partial charge on any atom is 0.250 e. The fourth-order valence-corrected chi connectivity index (χ4v) is 3.91. The molecule has 0 aliphatic heterocycles. The van der Waals surface area contributed by atoms with Gasteiger partial charge in [0.05, 0.1) is 6.20 Å². The lowest BCUT2D eigenvalue weighted by molar-refractivity contribution is 0.439. The molecule has 0 fully saturated rings. The summed E-state index contributed by atoms with van der Waals surface area (Å²) in [5.74, 6) is -1.47. The van der Waals surface area contributed by atoms with E-state index in [-0.39, 0.29) is 23.6 Å². The van der Waals surface area contributed by atoms with Crippen LogP contribution in [0.15, 0.2) is 65.8 Å². The zero-order valence-corrected chi connectivity index (χ0v) is 19.7. The highest BCUT2D eigenvalue weighted by Gasteiger charge is 2.18. The monoisotopic (exact) mass is 500 g/mol. The Labute approximate surface area is 202 Å². The van der Waals surface area contributed by atoms with Gasteiger partial charge in [0.15, 0.2) is 11.6 Å². The smallest absolute Gasteiger partial charge is 0.250 e. The van der Waals surface area contributed by atoms with Crippen molar-refractivity contribution in [3.8, 4) is 33.8 Å². The van der Waals surface area contributed by atoms with Gasteiger partial charge in [-0.1, -0.05) is 6.07 Å². The van der Waals surface area contributed by atoms with Crippen LogP contribution in [0.2, 0.25) is 0 Å². The van der Waals surface area contributed by atoms with Crippen LogP contribution in [-0.4, -0.2) is 29.7 Å². The van der Waals surface area contributed by atoms with E-state index in [4.69, 9.17) is 9.29 Å². The van der Waals surface area contributed by atoms with E-state index in [1.54, 1.807) is 55.6 Å². The van der Waals surface area contributed by atoms with Gasteiger partial charge in [0, 0.05) is 61.9 Å². The predicted molar refractivity (Wildman–Crippen MR) is 128 cm³/mol. The van der Waals surface area contributed by atoms with Gasteiger partial charge in [-0.05, 0) is 41.8 Å². The van der Waals surface area contributed by atoms with E-state index in [2.05, 4.69) is 9.82 Å². The van der Waals surface area contributed by atoms with Crippen LogP contribution < -0.4 is 15.0 Å². The summed E-state index contributed by atoms with van der Waals surface area (Å²) in [7, 11) is 3.37. The number of pyridine rings is 1. The Morgan fingerprint density at radius 3 is 2.49 bits per heavy atom. The number of aryl methyl sites for hydroxylation is 2. The number of nitrogens with zero attached hydrogens (tertiary/aromatic N) is 3. The second-order valence-electron chi connectivity index (χ2n) is 7.85. The van der Waals surface area contributed by atoms with Gasteiger partial charge in [-0.15, -0.1) is 0 Å². The van der Waals surface area contributed by atoms with Gasteiger partial charge in [0.1, 0.15) is 11.6 Å². The predicted octanol–water partition coefficient (Wildman–Crippen LogP) is 3.79. The van der Waals surface area contributed by atoms with Gasteiger partial charge in [-0.2, -0.15) is 5.10 Å². The summed E-state index contributed by atoms with van der Waals surface area (Å²) in [5.41, 5.74) is 3.03. The summed E-state index contributed by atoms with van der Waals surface area (Å²) in [6.45, 7) is 0.234. The standard InChI is InChI=1S/C24H22F2N4O4S/c1-29-14-20(18(11-24(29)31)16-12-27-30(2)13-16)19-9-15(7-8-28-35(32)33)3-5-22(19)34-23-6-4-17(25)10-21(23)26/h3-6,9-14,28H,7-8H2,1-2H3,(H,32,33). The second kappa shape index (κ2) is 10.3. The number of ether oxygens (including phenoxy) is 1. The Hall–Kier alpha value is -3.67. The van der Waals surface area contributed by atoms with E-state index in [1.807, 2.05) is 0 Å². The molecule has 2 N–H and O–H groups in total. The Bertz CT molecular complexity index is 1470. The first-order chi connectivity index (χ1) is 16.7. The normalized spacial score (nSPS) is 12.0. The molecule has 1 unspecified atom stereocenters. The molecular weight excluding hydrogens is 478 g/mol. The number of hydrogen-bond acceptors (Lipinski definition) is 4. The molecule has 4 aromatic rings. The van der Waals surface area contributed by atoms with Crippen LogP contribution in [0.25, 0.3) is 22.3 Å². The molecule has 1 atom stereocenters. The van der Waals surface area contributed by atoms with Crippen LogP contribution in [0.3, 0.4) is 0 Å². The van der Waals surface area contributed by atoms with Crippen molar-refractivity contribution >= 4 is 11.3 Å². The van der Waals surface area contributed by atoms with Gasteiger partial charge in [-0.3, -0.25) is 14.0 Å². The zero-order chi connectivity index (χ0) is 25.1. The highest BCUT2D eigenvalue weighted by atomic mass is 32.2. The van der Waals surface area contributed by atoms with E-state index in [0.717, 1.165) is 17.7 Å². The van der Waals surface area contributed by atoms with Crippen molar-refractivity contribution in [2.75, 3.05) is 6.54 Å². The van der Waals surface area contributed by atoms with Crippen molar-refractivity contribution in [2.45, 2.75) is 6.42 Å². The van der Waals surface area contributed by atoms with E-state index >= 15 is 0 Å². The summed E-state index contributed by atoms with van der Waals surface area (Å²) in [6, 6.07) is 9.70. The van der Waals surface area contributed by atoms with Gasteiger partial charge in [-0.25, -0.2) is 17.7 Å². The Kier molecular flexibility index (Phi) is 7.20. The number of halogens is 2. The molecule has 0 radical (unpaired) electrons. The van der Waals surface area contributed by atoms with Gasteiger partial charge < -0.3 is 9.30 Å². The molecule has 0 saturated carbocycles.